The highest BCUT2D eigenvalue weighted by Gasteiger charge is 2.11. The Morgan fingerprint density at radius 1 is 0.960 bits per heavy atom. The van der Waals surface area contributed by atoms with E-state index in [1.54, 1.807) is 12.1 Å². The van der Waals surface area contributed by atoms with Crippen LogP contribution in [0.3, 0.4) is 0 Å². The van der Waals surface area contributed by atoms with E-state index in [2.05, 4.69) is 16.9 Å². The molecule has 0 atom stereocenters. The van der Waals surface area contributed by atoms with E-state index in [0.29, 0.717) is 23.6 Å². The normalized spacial score (nSPS) is 10.4. The molecule has 0 aromatic carbocycles. The van der Waals surface area contributed by atoms with E-state index < -0.39 is 11.9 Å². The zero-order valence-electron chi connectivity index (χ0n) is 14.3. The first-order chi connectivity index (χ1) is 12.1. The minimum absolute atomic E-state index is 0.117. The number of carbonyl (C=O) groups excluding carboxylic acids is 1. The molecule has 0 bridgehead atoms. The molecule has 0 unspecified atom stereocenters. The number of carboxylic acid groups (broad SMARTS) is 1. The van der Waals surface area contributed by atoms with E-state index in [9.17, 15) is 9.59 Å². The van der Waals surface area contributed by atoms with Crippen LogP contribution in [0.15, 0.2) is 36.7 Å². The van der Waals surface area contributed by atoms with Crippen molar-refractivity contribution in [3.8, 4) is 11.4 Å². The summed E-state index contributed by atoms with van der Waals surface area (Å²) in [5, 5.41) is 9.05. The second-order valence-electron chi connectivity index (χ2n) is 5.71. The Labute approximate surface area is 146 Å². The average Bonchev–Trinajstić information content (AvgIpc) is 2.64. The number of rotatable bonds is 9. The Morgan fingerprint density at radius 3 is 2.20 bits per heavy atom. The van der Waals surface area contributed by atoms with E-state index >= 15 is 0 Å². The minimum atomic E-state index is -1.04. The fourth-order valence-corrected chi connectivity index (χ4v) is 2.36. The summed E-state index contributed by atoms with van der Waals surface area (Å²) < 4.78 is 5.28. The molecular weight excluding hydrogens is 320 g/mol. The zero-order valence-corrected chi connectivity index (χ0v) is 14.3. The van der Waals surface area contributed by atoms with Crippen LogP contribution in [0, 0.1) is 0 Å². The van der Waals surface area contributed by atoms with E-state index in [4.69, 9.17) is 9.84 Å². The van der Waals surface area contributed by atoms with E-state index in [0.717, 1.165) is 19.3 Å². The first-order valence-electron chi connectivity index (χ1n) is 8.44. The quantitative estimate of drug-likeness (QED) is 0.548. The maximum atomic E-state index is 12.1. The third-order valence-corrected chi connectivity index (χ3v) is 3.75. The van der Waals surface area contributed by atoms with Crippen LogP contribution < -0.4 is 0 Å². The molecule has 132 valence electrons. The Balaban J connectivity index is 2.00. The maximum absolute atomic E-state index is 12.1. The van der Waals surface area contributed by atoms with Crippen molar-refractivity contribution in [2.75, 3.05) is 6.61 Å². The molecule has 2 heterocycles. The zero-order chi connectivity index (χ0) is 18.1. The largest absolute Gasteiger partial charge is 0.478 e. The molecule has 6 heteroatoms. The molecule has 2 rings (SSSR count). The molecule has 0 fully saturated rings. The molecule has 25 heavy (non-hydrogen) atoms. The lowest BCUT2D eigenvalue weighted by molar-refractivity contribution is 0.0497. The average molecular weight is 342 g/mol. The van der Waals surface area contributed by atoms with Gasteiger partial charge in [-0.3, -0.25) is 9.97 Å². The number of unbranched alkanes of at least 4 members (excludes halogenated alkanes) is 4. The van der Waals surface area contributed by atoms with Gasteiger partial charge in [0.15, 0.2) is 0 Å². The lowest BCUT2D eigenvalue weighted by atomic mass is 10.1. The van der Waals surface area contributed by atoms with Crippen LogP contribution in [-0.2, 0) is 4.74 Å². The number of carbonyl (C=O) groups is 2. The summed E-state index contributed by atoms with van der Waals surface area (Å²) in [7, 11) is 0. The van der Waals surface area contributed by atoms with E-state index in [1.807, 2.05) is 0 Å². The highest BCUT2D eigenvalue weighted by atomic mass is 16.5. The van der Waals surface area contributed by atoms with Gasteiger partial charge in [0.25, 0.3) is 0 Å². The molecule has 0 radical (unpaired) electrons. The van der Waals surface area contributed by atoms with Gasteiger partial charge < -0.3 is 9.84 Å². The summed E-state index contributed by atoms with van der Waals surface area (Å²) in [5.74, 6) is -1.45. The van der Waals surface area contributed by atoms with Crippen LogP contribution in [0.1, 0.15) is 59.7 Å². The van der Waals surface area contributed by atoms with Crippen molar-refractivity contribution in [3.63, 3.8) is 0 Å². The van der Waals surface area contributed by atoms with Crippen LogP contribution in [-0.4, -0.2) is 33.6 Å². The summed E-state index contributed by atoms with van der Waals surface area (Å²) in [6.45, 7) is 2.55. The molecule has 0 spiro atoms. The van der Waals surface area contributed by atoms with Crippen molar-refractivity contribution < 1.29 is 19.4 Å². The Bertz CT molecular complexity index is 731. The van der Waals surface area contributed by atoms with Crippen LogP contribution in [0.4, 0.5) is 0 Å². The summed E-state index contributed by atoms with van der Waals surface area (Å²) in [6.07, 6.45) is 8.32. The summed E-state index contributed by atoms with van der Waals surface area (Å²) in [5.41, 5.74) is 1.32. The van der Waals surface area contributed by atoms with Crippen molar-refractivity contribution in [1.29, 1.82) is 0 Å². The molecule has 2 aromatic rings. The number of ether oxygens (including phenoxy) is 1. The van der Waals surface area contributed by atoms with Gasteiger partial charge in [0.2, 0.25) is 0 Å². The molecule has 0 amide bonds. The molecule has 0 aliphatic carbocycles. The lowest BCUT2D eigenvalue weighted by Crippen LogP contribution is -2.07. The maximum Gasteiger partial charge on any atom is 0.338 e. The first-order valence-corrected chi connectivity index (χ1v) is 8.44. The predicted octanol–water partition coefficient (Wildman–Crippen LogP) is 3.97. The van der Waals surface area contributed by atoms with Gasteiger partial charge in [-0.2, -0.15) is 0 Å². The fourth-order valence-electron chi connectivity index (χ4n) is 2.36. The van der Waals surface area contributed by atoms with Crippen molar-refractivity contribution in [2.45, 2.75) is 39.0 Å². The Hall–Kier alpha value is -2.76. The summed E-state index contributed by atoms with van der Waals surface area (Å²) >= 11 is 0. The summed E-state index contributed by atoms with van der Waals surface area (Å²) in [6, 6.07) is 5.97. The second-order valence-corrected chi connectivity index (χ2v) is 5.71. The first kappa shape index (κ1) is 18.6. The summed E-state index contributed by atoms with van der Waals surface area (Å²) in [4.78, 5) is 31.5. The number of esters is 1. The van der Waals surface area contributed by atoms with Crippen LogP contribution in [0.2, 0.25) is 0 Å². The lowest BCUT2D eigenvalue weighted by Gasteiger charge is -2.06. The standard InChI is InChI=1S/C19H22N2O4/c1-2-3-4-5-6-11-25-19(24)15-8-10-21-17(13-15)16-12-14(18(22)23)7-9-20-16/h7-10,12-13H,2-6,11H2,1H3,(H,22,23). The smallest absolute Gasteiger partial charge is 0.338 e. The van der Waals surface area contributed by atoms with Crippen molar-refractivity contribution in [3.05, 3.63) is 47.8 Å². The van der Waals surface area contributed by atoms with Gasteiger partial charge in [0, 0.05) is 12.4 Å². The second kappa shape index (κ2) is 9.52. The highest BCUT2D eigenvalue weighted by Crippen LogP contribution is 2.17. The molecule has 0 aliphatic rings. The topological polar surface area (TPSA) is 89.4 Å². The number of pyridine rings is 2. The van der Waals surface area contributed by atoms with Gasteiger partial charge in [-0.05, 0) is 30.7 Å². The van der Waals surface area contributed by atoms with Gasteiger partial charge >= 0.3 is 11.9 Å². The SMILES string of the molecule is CCCCCCCOC(=O)c1ccnc(-c2cc(C(=O)O)ccn2)c1. The van der Waals surface area contributed by atoms with Crippen LogP contribution in [0.5, 0.6) is 0 Å². The number of hydrogen-bond donors (Lipinski definition) is 1. The number of aromatic nitrogens is 2. The van der Waals surface area contributed by atoms with E-state index in [-0.39, 0.29) is 5.56 Å². The van der Waals surface area contributed by atoms with Gasteiger partial charge in [-0.1, -0.05) is 32.6 Å². The van der Waals surface area contributed by atoms with Gasteiger partial charge in [0.05, 0.1) is 29.1 Å². The van der Waals surface area contributed by atoms with Gasteiger partial charge in [-0.15, -0.1) is 0 Å². The fraction of sp³-hybridized carbons (Fsp3) is 0.368. The molecule has 1 N–H and O–H groups in total. The van der Waals surface area contributed by atoms with Crippen LogP contribution >= 0.6 is 0 Å². The van der Waals surface area contributed by atoms with Crippen LogP contribution in [0.25, 0.3) is 11.4 Å². The molecule has 6 nitrogen and oxygen atoms in total. The molecule has 0 saturated carbocycles. The monoisotopic (exact) mass is 342 g/mol. The molecule has 0 saturated heterocycles. The van der Waals surface area contributed by atoms with Gasteiger partial charge in [-0.25, -0.2) is 9.59 Å². The Morgan fingerprint density at radius 2 is 1.56 bits per heavy atom. The third kappa shape index (κ3) is 5.67. The minimum Gasteiger partial charge on any atom is -0.478 e. The van der Waals surface area contributed by atoms with Crippen molar-refractivity contribution in [2.24, 2.45) is 0 Å². The Kier molecular flexibility index (Phi) is 7.07. The number of nitrogens with zero attached hydrogens (tertiary/aromatic N) is 2. The van der Waals surface area contributed by atoms with Crippen molar-refractivity contribution >= 4 is 11.9 Å². The third-order valence-electron chi connectivity index (χ3n) is 3.75. The van der Waals surface area contributed by atoms with E-state index in [1.165, 1.54) is 37.4 Å². The number of carboxylic acids is 1. The molecule has 0 aliphatic heterocycles. The predicted molar refractivity (Wildman–Crippen MR) is 93.5 cm³/mol. The number of aromatic carboxylic acids is 1. The number of hydrogen-bond acceptors (Lipinski definition) is 5. The molecular formula is C19H22N2O4. The highest BCUT2D eigenvalue weighted by molar-refractivity contribution is 5.91. The van der Waals surface area contributed by atoms with Gasteiger partial charge in [0.1, 0.15) is 0 Å². The molecule has 2 aromatic heterocycles. The van der Waals surface area contributed by atoms with Crippen molar-refractivity contribution in [1.82, 2.24) is 9.97 Å².